The van der Waals surface area contributed by atoms with Crippen LogP contribution in [0.25, 0.3) is 11.0 Å². The first kappa shape index (κ1) is 21.7. The Morgan fingerprint density at radius 2 is 1.97 bits per heavy atom. The lowest BCUT2D eigenvalue weighted by atomic mass is 10.1. The predicted octanol–water partition coefficient (Wildman–Crippen LogP) is 4.22. The summed E-state index contributed by atoms with van der Waals surface area (Å²) in [7, 11) is 1.57. The number of nitrogens with one attached hydrogen (secondary N) is 2. The molecule has 1 aliphatic rings. The van der Waals surface area contributed by atoms with Crippen LogP contribution in [-0.2, 0) is 4.74 Å². The number of ether oxygens (including phenoxy) is 1. The first-order chi connectivity index (χ1) is 15.0. The molecule has 0 bridgehead atoms. The SMILES string of the molecule is COCC(NC(=O)c1ccc(C(=O)N2CC=CC2)c(Br)c1)c1nc2ccc(Br)cc2[nH]1. The molecule has 2 N–H and O–H groups in total. The second kappa shape index (κ2) is 9.33. The number of amides is 2. The van der Waals surface area contributed by atoms with Crippen molar-refractivity contribution < 1.29 is 14.3 Å². The van der Waals surface area contributed by atoms with Gasteiger partial charge in [0.15, 0.2) is 0 Å². The minimum atomic E-state index is -0.459. The predicted molar refractivity (Wildman–Crippen MR) is 125 cm³/mol. The highest BCUT2D eigenvalue weighted by Gasteiger charge is 2.22. The average Bonchev–Trinajstić information content (AvgIpc) is 3.42. The van der Waals surface area contributed by atoms with Gasteiger partial charge in [-0.25, -0.2) is 4.98 Å². The number of hydrogen-bond donors (Lipinski definition) is 2. The van der Waals surface area contributed by atoms with Gasteiger partial charge in [0.25, 0.3) is 11.8 Å². The van der Waals surface area contributed by atoms with Crippen molar-refractivity contribution in [3.05, 3.63) is 74.4 Å². The largest absolute Gasteiger partial charge is 0.382 e. The molecule has 0 radical (unpaired) electrons. The van der Waals surface area contributed by atoms with Crippen LogP contribution in [0.2, 0.25) is 0 Å². The minimum absolute atomic E-state index is 0.0745. The summed E-state index contributed by atoms with van der Waals surface area (Å²) in [6.45, 7) is 1.45. The molecule has 2 aromatic carbocycles. The number of H-pyrrole nitrogens is 1. The summed E-state index contributed by atoms with van der Waals surface area (Å²) >= 11 is 6.89. The van der Waals surface area contributed by atoms with Crippen molar-refractivity contribution in [2.45, 2.75) is 6.04 Å². The molecule has 2 amide bonds. The maximum atomic E-state index is 12.9. The zero-order chi connectivity index (χ0) is 22.0. The van der Waals surface area contributed by atoms with E-state index < -0.39 is 6.04 Å². The molecule has 0 aliphatic carbocycles. The van der Waals surface area contributed by atoms with Crippen molar-refractivity contribution in [3.63, 3.8) is 0 Å². The van der Waals surface area contributed by atoms with E-state index in [1.807, 2.05) is 30.4 Å². The normalized spacial score (nSPS) is 14.2. The van der Waals surface area contributed by atoms with E-state index in [1.165, 1.54) is 0 Å². The topological polar surface area (TPSA) is 87.3 Å². The van der Waals surface area contributed by atoms with E-state index in [0.717, 1.165) is 15.5 Å². The number of hydrogen-bond acceptors (Lipinski definition) is 4. The molecule has 160 valence electrons. The Morgan fingerprint density at radius 1 is 1.19 bits per heavy atom. The lowest BCUT2D eigenvalue weighted by Crippen LogP contribution is -2.32. The Bertz CT molecular complexity index is 1170. The second-order valence-electron chi connectivity index (χ2n) is 7.14. The van der Waals surface area contributed by atoms with Crippen LogP contribution in [0.5, 0.6) is 0 Å². The fraction of sp³-hybridized carbons (Fsp3) is 0.227. The van der Waals surface area contributed by atoms with E-state index >= 15 is 0 Å². The zero-order valence-corrected chi connectivity index (χ0v) is 19.9. The van der Waals surface area contributed by atoms with Crippen molar-refractivity contribution in [2.75, 3.05) is 26.8 Å². The lowest BCUT2D eigenvalue weighted by Gasteiger charge is -2.18. The van der Waals surface area contributed by atoms with Gasteiger partial charge < -0.3 is 19.9 Å². The van der Waals surface area contributed by atoms with Gasteiger partial charge in [-0.1, -0.05) is 28.1 Å². The molecule has 0 spiro atoms. The van der Waals surface area contributed by atoms with E-state index in [0.29, 0.717) is 34.5 Å². The molecule has 7 nitrogen and oxygen atoms in total. The van der Waals surface area contributed by atoms with Crippen molar-refractivity contribution in [3.8, 4) is 0 Å². The highest BCUT2D eigenvalue weighted by molar-refractivity contribution is 9.10. The van der Waals surface area contributed by atoms with Crippen LogP contribution in [0.3, 0.4) is 0 Å². The van der Waals surface area contributed by atoms with Crippen molar-refractivity contribution in [1.82, 2.24) is 20.2 Å². The fourth-order valence-electron chi connectivity index (χ4n) is 3.41. The number of imidazole rings is 1. The fourth-order valence-corrected chi connectivity index (χ4v) is 4.32. The van der Waals surface area contributed by atoms with Crippen LogP contribution in [0.1, 0.15) is 32.6 Å². The number of nitrogens with zero attached hydrogens (tertiary/aromatic N) is 2. The molecule has 31 heavy (non-hydrogen) atoms. The van der Waals surface area contributed by atoms with Crippen molar-refractivity contribution in [1.29, 1.82) is 0 Å². The molecule has 3 aromatic rings. The summed E-state index contributed by atoms with van der Waals surface area (Å²) in [6, 6.07) is 10.3. The van der Waals surface area contributed by atoms with Gasteiger partial charge in [0.2, 0.25) is 0 Å². The third-order valence-electron chi connectivity index (χ3n) is 5.00. The molecule has 0 saturated heterocycles. The lowest BCUT2D eigenvalue weighted by molar-refractivity contribution is 0.0797. The number of fused-ring (bicyclic) bond motifs is 1. The first-order valence-electron chi connectivity index (χ1n) is 9.65. The molecule has 2 heterocycles. The number of carbonyl (C=O) groups is 2. The van der Waals surface area contributed by atoms with E-state index in [-0.39, 0.29) is 18.4 Å². The van der Waals surface area contributed by atoms with Crippen LogP contribution in [0, 0.1) is 0 Å². The number of methoxy groups -OCH3 is 1. The van der Waals surface area contributed by atoms with E-state index in [2.05, 4.69) is 47.1 Å². The van der Waals surface area contributed by atoms with E-state index in [4.69, 9.17) is 4.74 Å². The molecule has 1 aromatic heterocycles. The molecule has 9 heteroatoms. The quantitative estimate of drug-likeness (QED) is 0.452. The number of aromatic amines is 1. The Kier molecular flexibility index (Phi) is 6.54. The number of carbonyl (C=O) groups excluding carboxylic acids is 2. The maximum Gasteiger partial charge on any atom is 0.255 e. The molecular weight excluding hydrogens is 528 g/mol. The zero-order valence-electron chi connectivity index (χ0n) is 16.7. The number of benzene rings is 2. The summed E-state index contributed by atoms with van der Waals surface area (Å²) in [5.41, 5.74) is 2.62. The van der Waals surface area contributed by atoms with Gasteiger partial charge in [0.1, 0.15) is 11.9 Å². The van der Waals surface area contributed by atoms with Crippen LogP contribution in [-0.4, -0.2) is 53.5 Å². The van der Waals surface area contributed by atoms with Crippen LogP contribution in [0.15, 0.2) is 57.5 Å². The molecule has 0 saturated carbocycles. The Labute approximate surface area is 196 Å². The minimum Gasteiger partial charge on any atom is -0.382 e. The van der Waals surface area contributed by atoms with Gasteiger partial charge in [-0.3, -0.25) is 9.59 Å². The number of rotatable bonds is 6. The van der Waals surface area contributed by atoms with Gasteiger partial charge in [-0.2, -0.15) is 0 Å². The van der Waals surface area contributed by atoms with Gasteiger partial charge in [-0.05, 0) is 52.3 Å². The smallest absolute Gasteiger partial charge is 0.255 e. The Hall–Kier alpha value is -2.49. The summed E-state index contributed by atoms with van der Waals surface area (Å²) in [5, 5.41) is 2.96. The monoisotopic (exact) mass is 546 g/mol. The summed E-state index contributed by atoms with van der Waals surface area (Å²) in [6.07, 6.45) is 3.92. The Morgan fingerprint density at radius 3 is 2.68 bits per heavy atom. The summed E-state index contributed by atoms with van der Waals surface area (Å²) in [5.74, 6) is 0.247. The molecule has 1 unspecified atom stereocenters. The molecule has 1 aliphatic heterocycles. The van der Waals surface area contributed by atoms with Gasteiger partial charge >= 0.3 is 0 Å². The second-order valence-corrected chi connectivity index (χ2v) is 8.91. The first-order valence-corrected chi connectivity index (χ1v) is 11.2. The van der Waals surface area contributed by atoms with Gasteiger partial charge in [-0.15, -0.1) is 0 Å². The number of halogens is 2. The van der Waals surface area contributed by atoms with Crippen molar-refractivity contribution >= 4 is 54.7 Å². The molecule has 0 fully saturated rings. The maximum absolute atomic E-state index is 12.9. The highest BCUT2D eigenvalue weighted by atomic mass is 79.9. The van der Waals surface area contributed by atoms with Crippen molar-refractivity contribution in [2.24, 2.45) is 0 Å². The molecular formula is C22H20Br2N4O3. The Balaban J connectivity index is 1.53. The third kappa shape index (κ3) is 4.73. The standard InChI is InChI=1S/C22H20Br2N4O3/c1-31-12-19(20-25-17-7-5-14(23)11-18(17)26-20)27-21(29)13-4-6-15(16(24)10-13)22(30)28-8-2-3-9-28/h2-7,10-11,19H,8-9,12H2,1H3,(H,25,26)(H,27,29). The van der Waals surface area contributed by atoms with Gasteiger partial charge in [0, 0.05) is 34.7 Å². The summed E-state index contributed by atoms with van der Waals surface area (Å²) in [4.78, 5) is 35.1. The van der Waals surface area contributed by atoms with E-state index in [1.54, 1.807) is 30.2 Å². The van der Waals surface area contributed by atoms with Crippen LogP contribution in [0.4, 0.5) is 0 Å². The third-order valence-corrected chi connectivity index (χ3v) is 6.15. The van der Waals surface area contributed by atoms with Crippen LogP contribution < -0.4 is 5.32 Å². The van der Waals surface area contributed by atoms with Crippen LogP contribution >= 0.6 is 31.9 Å². The van der Waals surface area contributed by atoms with Gasteiger partial charge in [0.05, 0.1) is 23.2 Å². The highest BCUT2D eigenvalue weighted by Crippen LogP contribution is 2.23. The number of aromatic nitrogens is 2. The molecule has 4 rings (SSSR count). The average molecular weight is 548 g/mol. The summed E-state index contributed by atoms with van der Waals surface area (Å²) < 4.78 is 6.81. The van der Waals surface area contributed by atoms with E-state index in [9.17, 15) is 9.59 Å². The molecule has 1 atom stereocenters.